The maximum Gasteiger partial charge on any atom is 0.319 e. The van der Waals surface area contributed by atoms with Crippen LogP contribution in [-0.2, 0) is 23.3 Å². The smallest absolute Gasteiger partial charge is 0.319 e. The summed E-state index contributed by atoms with van der Waals surface area (Å²) in [6.07, 6.45) is 1.58. The van der Waals surface area contributed by atoms with Crippen molar-refractivity contribution in [3.8, 4) is 0 Å². The molecule has 2 amide bonds. The number of piperazine rings is 1. The highest BCUT2D eigenvalue weighted by molar-refractivity contribution is 7.86. The van der Waals surface area contributed by atoms with Crippen molar-refractivity contribution in [2.45, 2.75) is 20.0 Å². The van der Waals surface area contributed by atoms with Gasteiger partial charge in [0.15, 0.2) is 0 Å². The lowest BCUT2D eigenvalue weighted by molar-refractivity contribution is 0.175. The van der Waals surface area contributed by atoms with Crippen molar-refractivity contribution < 1.29 is 17.6 Å². The zero-order valence-electron chi connectivity index (χ0n) is 18.5. The third kappa shape index (κ3) is 5.60. The second-order valence-electron chi connectivity index (χ2n) is 7.97. The van der Waals surface area contributed by atoms with E-state index in [2.05, 4.69) is 4.98 Å². The Morgan fingerprint density at radius 2 is 1.84 bits per heavy atom. The van der Waals surface area contributed by atoms with E-state index in [1.54, 1.807) is 30.5 Å². The fourth-order valence-electron chi connectivity index (χ4n) is 3.54. The number of primary amides is 1. The van der Waals surface area contributed by atoms with Crippen molar-refractivity contribution in [2.24, 2.45) is 5.73 Å². The number of nitrogens with zero attached hydrogens (tertiary/aromatic N) is 5. The van der Waals surface area contributed by atoms with Crippen LogP contribution < -0.4 is 10.6 Å². The van der Waals surface area contributed by atoms with Gasteiger partial charge in [-0.3, -0.25) is 14.8 Å². The number of aromatic nitrogens is 1. The van der Waals surface area contributed by atoms with Crippen LogP contribution in [0, 0.1) is 12.7 Å². The number of hydrogen-bond donors (Lipinski definition) is 1. The summed E-state index contributed by atoms with van der Waals surface area (Å²) >= 11 is 0. The molecule has 2 N–H and O–H groups in total. The van der Waals surface area contributed by atoms with Crippen molar-refractivity contribution >= 4 is 21.9 Å². The normalized spacial score (nSPS) is 15.8. The van der Waals surface area contributed by atoms with Crippen molar-refractivity contribution in [1.82, 2.24) is 18.5 Å². The number of benzene rings is 1. The molecule has 0 bridgehead atoms. The van der Waals surface area contributed by atoms with Gasteiger partial charge in [0.1, 0.15) is 5.82 Å². The summed E-state index contributed by atoms with van der Waals surface area (Å²) < 4.78 is 41.7. The molecule has 1 aromatic heterocycles. The fourth-order valence-corrected chi connectivity index (χ4v) is 4.62. The summed E-state index contributed by atoms with van der Waals surface area (Å²) in [4.78, 5) is 19.6. The second-order valence-corrected chi connectivity index (χ2v) is 10.1. The predicted octanol–water partition coefficient (Wildman–Crippen LogP) is 1.54. The van der Waals surface area contributed by atoms with Crippen molar-refractivity contribution in [3.63, 3.8) is 0 Å². The lowest BCUT2D eigenvalue weighted by atomic mass is 10.1. The molecule has 0 spiro atoms. The monoisotopic (exact) mass is 464 g/mol. The maximum atomic E-state index is 14.5. The van der Waals surface area contributed by atoms with Crippen LogP contribution in [0.3, 0.4) is 0 Å². The molecule has 1 saturated heterocycles. The average Bonchev–Trinajstić information content (AvgIpc) is 2.75. The van der Waals surface area contributed by atoms with Gasteiger partial charge < -0.3 is 5.73 Å². The Bertz CT molecular complexity index is 1050. The number of anilines is 1. The first-order chi connectivity index (χ1) is 15.1. The number of aryl methyl sites for hydroxylation is 1. The Labute approximate surface area is 188 Å². The zero-order chi connectivity index (χ0) is 23.5. The molecule has 1 aliphatic heterocycles. The Balaban J connectivity index is 1.69. The van der Waals surface area contributed by atoms with Crippen LogP contribution >= 0.6 is 0 Å². The molecule has 9 nitrogen and oxygen atoms in total. The minimum atomic E-state index is -3.45. The molecule has 1 aliphatic rings. The number of carbonyl (C=O) groups excluding carboxylic acids is 1. The van der Waals surface area contributed by atoms with Crippen LogP contribution in [0.2, 0.25) is 0 Å². The second kappa shape index (κ2) is 9.90. The first kappa shape index (κ1) is 24.1. The van der Waals surface area contributed by atoms with Crippen molar-refractivity contribution in [2.75, 3.05) is 45.2 Å². The van der Waals surface area contributed by atoms with E-state index in [1.807, 2.05) is 11.8 Å². The number of halogens is 1. The summed E-state index contributed by atoms with van der Waals surface area (Å²) in [5.74, 6) is -0.347. The Kier molecular flexibility index (Phi) is 7.44. The van der Waals surface area contributed by atoms with Gasteiger partial charge in [-0.2, -0.15) is 17.0 Å². The number of rotatable bonds is 7. The number of nitrogens with two attached hydrogens (primary N) is 1. The van der Waals surface area contributed by atoms with E-state index in [9.17, 15) is 17.6 Å². The largest absolute Gasteiger partial charge is 0.351 e. The molecule has 1 aromatic carbocycles. The molecular formula is C21H29FN6O3S. The van der Waals surface area contributed by atoms with Gasteiger partial charge in [0.05, 0.1) is 18.4 Å². The Morgan fingerprint density at radius 1 is 1.16 bits per heavy atom. The van der Waals surface area contributed by atoms with E-state index in [0.717, 1.165) is 11.3 Å². The number of urea groups is 1. The molecule has 2 aromatic rings. The van der Waals surface area contributed by atoms with E-state index >= 15 is 0 Å². The molecule has 1 fully saturated rings. The van der Waals surface area contributed by atoms with Crippen LogP contribution in [0.1, 0.15) is 16.8 Å². The predicted molar refractivity (Wildman–Crippen MR) is 121 cm³/mol. The molecule has 0 radical (unpaired) electrons. The Morgan fingerprint density at radius 3 is 2.41 bits per heavy atom. The molecule has 32 heavy (non-hydrogen) atoms. The molecule has 174 valence electrons. The van der Waals surface area contributed by atoms with E-state index in [0.29, 0.717) is 44.0 Å². The molecule has 0 atom stereocenters. The fraction of sp³-hybridized carbons (Fsp3) is 0.429. The van der Waals surface area contributed by atoms with Gasteiger partial charge in [0, 0.05) is 58.1 Å². The lowest BCUT2D eigenvalue weighted by Crippen LogP contribution is -2.51. The van der Waals surface area contributed by atoms with E-state index in [-0.39, 0.29) is 12.4 Å². The van der Waals surface area contributed by atoms with Crippen LogP contribution in [0.15, 0.2) is 36.5 Å². The summed E-state index contributed by atoms with van der Waals surface area (Å²) in [5.41, 5.74) is 8.16. The van der Waals surface area contributed by atoms with Gasteiger partial charge >= 0.3 is 6.03 Å². The van der Waals surface area contributed by atoms with Crippen LogP contribution in [0.5, 0.6) is 0 Å². The molecule has 0 unspecified atom stereocenters. The highest BCUT2D eigenvalue weighted by Gasteiger charge is 2.28. The van der Waals surface area contributed by atoms with Gasteiger partial charge in [-0.05, 0) is 36.8 Å². The van der Waals surface area contributed by atoms with Gasteiger partial charge in [0.25, 0.3) is 10.2 Å². The van der Waals surface area contributed by atoms with Crippen LogP contribution in [0.25, 0.3) is 0 Å². The van der Waals surface area contributed by atoms with E-state index in [1.165, 1.54) is 33.7 Å². The molecular weight excluding hydrogens is 435 g/mol. The minimum Gasteiger partial charge on any atom is -0.351 e. The molecule has 11 heteroatoms. The molecule has 3 rings (SSSR count). The van der Waals surface area contributed by atoms with Crippen LogP contribution in [0.4, 0.5) is 14.9 Å². The quantitative estimate of drug-likeness (QED) is 0.670. The summed E-state index contributed by atoms with van der Waals surface area (Å²) in [6.45, 7) is 4.06. The highest BCUT2D eigenvalue weighted by atomic mass is 32.2. The SMILES string of the molecule is Cc1ccc(N(Cc2ccc(F)c(CN3CCN(S(=O)(=O)N(C)C)CC3)c2)C(N)=O)cn1. The lowest BCUT2D eigenvalue weighted by Gasteiger charge is -2.35. The van der Waals surface area contributed by atoms with Crippen molar-refractivity contribution in [1.29, 1.82) is 0 Å². The maximum absolute atomic E-state index is 14.5. The van der Waals surface area contributed by atoms with Crippen molar-refractivity contribution in [3.05, 3.63) is 59.2 Å². The standard InChI is InChI=1S/C21H29FN6O3S/c1-16-4-6-19(13-24-16)28(21(23)29)14-17-5-7-20(22)18(12-17)15-26-8-10-27(11-9-26)32(30,31)25(2)3/h4-7,12-13H,8-11,14-15H2,1-3H3,(H2,23,29). The van der Waals surface area contributed by atoms with Gasteiger partial charge in [-0.15, -0.1) is 0 Å². The topological polar surface area (TPSA) is 103 Å². The Hall–Kier alpha value is -2.60. The summed E-state index contributed by atoms with van der Waals surface area (Å²) in [5, 5.41) is 0. The third-order valence-electron chi connectivity index (χ3n) is 5.44. The minimum absolute atomic E-state index is 0.183. The van der Waals surface area contributed by atoms with Gasteiger partial charge in [-0.1, -0.05) is 6.07 Å². The van der Waals surface area contributed by atoms with E-state index < -0.39 is 16.2 Å². The highest BCUT2D eigenvalue weighted by Crippen LogP contribution is 2.20. The first-order valence-electron chi connectivity index (χ1n) is 10.2. The van der Waals surface area contributed by atoms with E-state index in [4.69, 9.17) is 5.73 Å². The first-order valence-corrected chi connectivity index (χ1v) is 11.6. The summed E-state index contributed by atoms with van der Waals surface area (Å²) in [7, 11) is -0.441. The summed E-state index contributed by atoms with van der Waals surface area (Å²) in [6, 6.07) is 7.65. The zero-order valence-corrected chi connectivity index (χ0v) is 19.3. The van der Waals surface area contributed by atoms with Crippen LogP contribution in [-0.4, -0.2) is 73.2 Å². The van der Waals surface area contributed by atoms with Gasteiger partial charge in [-0.25, -0.2) is 9.18 Å². The number of pyridine rings is 1. The average molecular weight is 465 g/mol. The number of amides is 2. The molecule has 0 saturated carbocycles. The number of carbonyl (C=O) groups is 1. The molecule has 0 aliphatic carbocycles. The molecule has 2 heterocycles. The number of hydrogen-bond acceptors (Lipinski definition) is 5. The third-order valence-corrected chi connectivity index (χ3v) is 7.38. The van der Waals surface area contributed by atoms with Gasteiger partial charge in [0.2, 0.25) is 0 Å².